The van der Waals surface area contributed by atoms with Crippen LogP contribution in [0.1, 0.15) is 20.8 Å². The molecule has 0 saturated heterocycles. The lowest BCUT2D eigenvalue weighted by atomic mass is 9.89. The van der Waals surface area contributed by atoms with Crippen molar-refractivity contribution in [3.8, 4) is 0 Å². The maximum atomic E-state index is 11.0. The van der Waals surface area contributed by atoms with Crippen LogP contribution in [0.2, 0.25) is 0 Å². The molecule has 4 nitrogen and oxygen atoms in total. The molecule has 0 aliphatic carbocycles. The summed E-state index contributed by atoms with van der Waals surface area (Å²) < 4.78 is 10.6. The van der Waals surface area contributed by atoms with E-state index in [1.54, 1.807) is 13.4 Å². The minimum Gasteiger partial charge on any atom is -0.496 e. The van der Waals surface area contributed by atoms with E-state index in [2.05, 4.69) is 5.32 Å². The number of hydrogen-bond donors (Lipinski definition) is 1. The van der Waals surface area contributed by atoms with E-state index >= 15 is 0 Å². The standard InChI is InChI=1S/C10H17NO3/c1-7-9(13-4)10(3,5-6-14-7)11-8(2)12/h5-7,9H,1-4H3,(H,11,12)/t7-,9-,10-/m0/s1. The zero-order valence-corrected chi connectivity index (χ0v) is 9.03. The average molecular weight is 199 g/mol. The molecule has 1 rings (SSSR count). The van der Waals surface area contributed by atoms with Gasteiger partial charge in [0.25, 0.3) is 0 Å². The van der Waals surface area contributed by atoms with E-state index in [0.29, 0.717) is 0 Å². The van der Waals surface area contributed by atoms with Gasteiger partial charge in [0.1, 0.15) is 12.2 Å². The number of nitrogens with one attached hydrogen (secondary N) is 1. The van der Waals surface area contributed by atoms with Gasteiger partial charge in [-0.15, -0.1) is 0 Å². The van der Waals surface area contributed by atoms with Gasteiger partial charge in [0.15, 0.2) is 0 Å². The highest BCUT2D eigenvalue weighted by Crippen LogP contribution is 2.24. The first-order valence-corrected chi connectivity index (χ1v) is 4.64. The molecule has 0 saturated carbocycles. The molecule has 0 bridgehead atoms. The predicted octanol–water partition coefficient (Wildman–Crippen LogP) is 0.829. The van der Waals surface area contributed by atoms with Crippen LogP contribution in [-0.2, 0) is 14.3 Å². The lowest BCUT2D eigenvalue weighted by Crippen LogP contribution is -2.58. The van der Waals surface area contributed by atoms with Crippen LogP contribution in [0.3, 0.4) is 0 Å². The fourth-order valence-electron chi connectivity index (χ4n) is 1.89. The number of rotatable bonds is 2. The highest BCUT2D eigenvalue weighted by Gasteiger charge is 2.40. The Morgan fingerprint density at radius 2 is 2.29 bits per heavy atom. The van der Waals surface area contributed by atoms with Crippen molar-refractivity contribution >= 4 is 5.91 Å². The molecule has 4 heteroatoms. The van der Waals surface area contributed by atoms with Crippen molar-refractivity contribution in [1.82, 2.24) is 5.32 Å². The summed E-state index contributed by atoms with van der Waals surface area (Å²) in [4.78, 5) is 11.0. The molecular weight excluding hydrogens is 182 g/mol. The van der Waals surface area contributed by atoms with E-state index < -0.39 is 5.54 Å². The van der Waals surface area contributed by atoms with Gasteiger partial charge in [-0.05, 0) is 19.9 Å². The summed E-state index contributed by atoms with van der Waals surface area (Å²) >= 11 is 0. The minimum atomic E-state index is -0.488. The molecular formula is C10H17NO3. The molecule has 1 aliphatic rings. The summed E-state index contributed by atoms with van der Waals surface area (Å²) in [6, 6.07) is 0. The topological polar surface area (TPSA) is 47.6 Å². The first kappa shape index (κ1) is 11.0. The molecule has 0 spiro atoms. The van der Waals surface area contributed by atoms with Gasteiger partial charge in [0, 0.05) is 14.0 Å². The molecule has 14 heavy (non-hydrogen) atoms. The summed E-state index contributed by atoms with van der Waals surface area (Å²) in [7, 11) is 1.61. The number of hydrogen-bond acceptors (Lipinski definition) is 3. The van der Waals surface area contributed by atoms with Crippen LogP contribution in [0.4, 0.5) is 0 Å². The van der Waals surface area contributed by atoms with Gasteiger partial charge in [0.05, 0.1) is 11.8 Å². The van der Waals surface area contributed by atoms with Crippen LogP contribution < -0.4 is 5.32 Å². The molecule has 1 amide bonds. The lowest BCUT2D eigenvalue weighted by molar-refractivity contribution is -0.124. The van der Waals surface area contributed by atoms with Gasteiger partial charge in [-0.25, -0.2) is 0 Å². The van der Waals surface area contributed by atoms with E-state index in [9.17, 15) is 4.79 Å². The van der Waals surface area contributed by atoms with Gasteiger partial charge in [-0.3, -0.25) is 4.79 Å². The quantitative estimate of drug-likeness (QED) is 0.716. The molecule has 80 valence electrons. The van der Waals surface area contributed by atoms with Crippen LogP contribution in [-0.4, -0.2) is 30.8 Å². The second kappa shape index (κ2) is 4.00. The molecule has 0 radical (unpaired) electrons. The van der Waals surface area contributed by atoms with E-state index in [-0.39, 0.29) is 18.1 Å². The Labute approximate surface area is 84.3 Å². The van der Waals surface area contributed by atoms with Gasteiger partial charge < -0.3 is 14.8 Å². The molecule has 1 N–H and O–H groups in total. The van der Waals surface area contributed by atoms with E-state index in [1.807, 2.05) is 19.9 Å². The highest BCUT2D eigenvalue weighted by molar-refractivity contribution is 5.74. The molecule has 0 aromatic heterocycles. The van der Waals surface area contributed by atoms with Crippen molar-refractivity contribution in [2.45, 2.75) is 38.5 Å². The summed E-state index contributed by atoms with van der Waals surface area (Å²) in [5.41, 5.74) is -0.488. The molecule has 0 aromatic carbocycles. The third kappa shape index (κ3) is 2.07. The Hall–Kier alpha value is -1.03. The number of carbonyl (C=O) groups excluding carboxylic acids is 1. The Kier molecular flexibility index (Phi) is 3.16. The monoisotopic (exact) mass is 199 g/mol. The minimum absolute atomic E-state index is 0.0677. The first-order valence-electron chi connectivity index (χ1n) is 4.64. The van der Waals surface area contributed by atoms with Gasteiger partial charge in [-0.1, -0.05) is 0 Å². The van der Waals surface area contributed by atoms with Crippen molar-refractivity contribution in [1.29, 1.82) is 0 Å². The van der Waals surface area contributed by atoms with E-state index in [1.165, 1.54) is 6.92 Å². The van der Waals surface area contributed by atoms with Crippen LogP contribution in [0.25, 0.3) is 0 Å². The molecule has 3 atom stereocenters. The van der Waals surface area contributed by atoms with Crippen molar-refractivity contribution in [2.24, 2.45) is 0 Å². The molecule has 0 aromatic rings. The Bertz CT molecular complexity index is 252. The average Bonchev–Trinajstić information content (AvgIpc) is 2.02. The Morgan fingerprint density at radius 1 is 1.64 bits per heavy atom. The number of amides is 1. The molecule has 1 heterocycles. The van der Waals surface area contributed by atoms with Gasteiger partial charge >= 0.3 is 0 Å². The second-order valence-corrected chi connectivity index (χ2v) is 3.76. The van der Waals surface area contributed by atoms with Crippen molar-refractivity contribution < 1.29 is 14.3 Å². The number of methoxy groups -OCH3 is 1. The predicted molar refractivity (Wildman–Crippen MR) is 52.7 cm³/mol. The first-order chi connectivity index (χ1) is 6.49. The largest absolute Gasteiger partial charge is 0.496 e. The smallest absolute Gasteiger partial charge is 0.217 e. The van der Waals surface area contributed by atoms with Crippen molar-refractivity contribution in [3.63, 3.8) is 0 Å². The zero-order valence-electron chi connectivity index (χ0n) is 9.03. The van der Waals surface area contributed by atoms with Crippen LogP contribution in [0.5, 0.6) is 0 Å². The summed E-state index contributed by atoms with van der Waals surface area (Å²) in [5, 5.41) is 2.86. The van der Waals surface area contributed by atoms with E-state index in [0.717, 1.165) is 0 Å². The normalized spacial score (nSPS) is 36.3. The Morgan fingerprint density at radius 3 is 2.79 bits per heavy atom. The third-order valence-corrected chi connectivity index (χ3v) is 2.42. The fraction of sp³-hybridized carbons (Fsp3) is 0.700. The van der Waals surface area contributed by atoms with Gasteiger partial charge in [-0.2, -0.15) is 0 Å². The Balaban J connectivity index is 2.86. The summed E-state index contributed by atoms with van der Waals surface area (Å²) in [5.74, 6) is -0.0756. The third-order valence-electron chi connectivity index (χ3n) is 2.42. The molecule has 0 fully saturated rings. The van der Waals surface area contributed by atoms with E-state index in [4.69, 9.17) is 9.47 Å². The number of carbonyl (C=O) groups is 1. The van der Waals surface area contributed by atoms with Gasteiger partial charge in [0.2, 0.25) is 5.91 Å². The molecule has 0 unspecified atom stereocenters. The lowest BCUT2D eigenvalue weighted by Gasteiger charge is -2.40. The van der Waals surface area contributed by atoms with Crippen LogP contribution >= 0.6 is 0 Å². The fourth-order valence-corrected chi connectivity index (χ4v) is 1.89. The maximum absolute atomic E-state index is 11.0. The van der Waals surface area contributed by atoms with Crippen LogP contribution in [0.15, 0.2) is 12.3 Å². The van der Waals surface area contributed by atoms with Crippen LogP contribution in [0, 0.1) is 0 Å². The molecule has 1 aliphatic heterocycles. The van der Waals surface area contributed by atoms with Crippen molar-refractivity contribution in [3.05, 3.63) is 12.3 Å². The number of ether oxygens (including phenoxy) is 2. The summed E-state index contributed by atoms with van der Waals surface area (Å²) in [6.45, 7) is 5.32. The van der Waals surface area contributed by atoms with Crippen molar-refractivity contribution in [2.75, 3.05) is 7.11 Å². The summed E-state index contributed by atoms with van der Waals surface area (Å²) in [6.07, 6.45) is 3.18. The SMILES string of the molecule is CO[C@H]1[C@H](C)OC=C[C@]1(C)NC(C)=O. The highest BCUT2D eigenvalue weighted by atomic mass is 16.5. The maximum Gasteiger partial charge on any atom is 0.217 e. The zero-order chi connectivity index (χ0) is 10.8. The second-order valence-electron chi connectivity index (χ2n) is 3.76.